The van der Waals surface area contributed by atoms with E-state index in [4.69, 9.17) is 9.88 Å². The van der Waals surface area contributed by atoms with Gasteiger partial charge in [-0.15, -0.1) is 0 Å². The third-order valence-electron chi connectivity index (χ3n) is 2.88. The van der Waals surface area contributed by atoms with Gasteiger partial charge in [0.2, 0.25) is 10.0 Å². The largest absolute Gasteiger partial charge is 0.494 e. The number of nitrogens with two attached hydrogens (primary N) is 1. The number of rotatable bonds is 5. The van der Waals surface area contributed by atoms with E-state index in [1.807, 2.05) is 0 Å². The Kier molecular flexibility index (Phi) is 4.44. The molecule has 5 nitrogen and oxygen atoms in total. The molecular formula is C14H15FN2O3S. The van der Waals surface area contributed by atoms with Crippen LogP contribution < -0.4 is 15.2 Å². The van der Waals surface area contributed by atoms with Crippen LogP contribution in [0, 0.1) is 5.82 Å². The number of hydrogen-bond acceptors (Lipinski definition) is 4. The molecule has 0 aliphatic rings. The Morgan fingerprint density at radius 1 is 1.24 bits per heavy atom. The summed E-state index contributed by atoms with van der Waals surface area (Å²) in [4.78, 5) is 0.0217. The first-order valence-corrected chi connectivity index (χ1v) is 7.64. The number of ether oxygens (including phenoxy) is 1. The van der Waals surface area contributed by atoms with Gasteiger partial charge in [-0.1, -0.05) is 12.1 Å². The molecule has 2 aromatic rings. The number of halogens is 1. The monoisotopic (exact) mass is 310 g/mol. The standard InChI is InChI=1S/C14H15FN2O3S/c1-20-14-6-5-10(7-13(14)15)9-17-11-3-2-4-12(8-11)21(16,18)19/h2-8,17H,9H2,1H3,(H2,16,18,19). The Labute approximate surface area is 122 Å². The first-order chi connectivity index (χ1) is 9.90. The van der Waals surface area contributed by atoms with Crippen LogP contribution in [0.3, 0.4) is 0 Å². The molecular weight excluding hydrogens is 295 g/mol. The fraction of sp³-hybridized carbons (Fsp3) is 0.143. The summed E-state index contributed by atoms with van der Waals surface area (Å²) in [6, 6.07) is 10.7. The molecule has 0 heterocycles. The predicted octanol–water partition coefficient (Wildman–Crippen LogP) is 2.09. The molecule has 0 aliphatic carbocycles. The average molecular weight is 310 g/mol. The molecule has 0 radical (unpaired) electrons. The van der Waals surface area contributed by atoms with Gasteiger partial charge in [0.05, 0.1) is 12.0 Å². The van der Waals surface area contributed by atoms with E-state index in [0.717, 1.165) is 0 Å². The van der Waals surface area contributed by atoms with E-state index in [1.54, 1.807) is 18.2 Å². The highest BCUT2D eigenvalue weighted by molar-refractivity contribution is 7.89. The lowest BCUT2D eigenvalue weighted by molar-refractivity contribution is 0.386. The lowest BCUT2D eigenvalue weighted by atomic mass is 10.2. The summed E-state index contributed by atoms with van der Waals surface area (Å²) in [6.07, 6.45) is 0. The first-order valence-electron chi connectivity index (χ1n) is 6.09. The molecule has 0 aromatic heterocycles. The Morgan fingerprint density at radius 3 is 2.62 bits per heavy atom. The number of nitrogens with one attached hydrogen (secondary N) is 1. The topological polar surface area (TPSA) is 81.4 Å². The predicted molar refractivity (Wildman–Crippen MR) is 78.1 cm³/mol. The number of sulfonamides is 1. The minimum Gasteiger partial charge on any atom is -0.494 e. The molecule has 0 bridgehead atoms. The molecule has 2 aromatic carbocycles. The van der Waals surface area contributed by atoms with Crippen molar-refractivity contribution in [3.8, 4) is 5.75 Å². The quantitative estimate of drug-likeness (QED) is 0.886. The van der Waals surface area contributed by atoms with Gasteiger partial charge in [-0.25, -0.2) is 17.9 Å². The van der Waals surface area contributed by atoms with Crippen molar-refractivity contribution >= 4 is 15.7 Å². The van der Waals surface area contributed by atoms with E-state index in [9.17, 15) is 12.8 Å². The van der Waals surface area contributed by atoms with Crippen LogP contribution in [0.15, 0.2) is 47.4 Å². The molecule has 21 heavy (non-hydrogen) atoms. The zero-order valence-corrected chi connectivity index (χ0v) is 12.2. The molecule has 0 fully saturated rings. The maximum atomic E-state index is 13.5. The van der Waals surface area contributed by atoms with E-state index in [2.05, 4.69) is 5.32 Å². The summed E-state index contributed by atoms with van der Waals surface area (Å²) < 4.78 is 40.9. The first kappa shape index (κ1) is 15.3. The van der Waals surface area contributed by atoms with Crippen LogP contribution in [0.5, 0.6) is 5.75 Å². The highest BCUT2D eigenvalue weighted by atomic mass is 32.2. The smallest absolute Gasteiger partial charge is 0.238 e. The van der Waals surface area contributed by atoms with Gasteiger partial charge in [-0.05, 0) is 35.9 Å². The van der Waals surface area contributed by atoms with Crippen LogP contribution in [-0.4, -0.2) is 15.5 Å². The Hall–Kier alpha value is -2.12. The Bertz CT molecular complexity index is 748. The van der Waals surface area contributed by atoms with Crippen molar-refractivity contribution in [2.75, 3.05) is 12.4 Å². The van der Waals surface area contributed by atoms with Gasteiger partial charge in [0, 0.05) is 12.2 Å². The van der Waals surface area contributed by atoms with E-state index < -0.39 is 15.8 Å². The summed E-state index contributed by atoms with van der Waals surface area (Å²) in [5, 5.41) is 8.08. The number of benzene rings is 2. The summed E-state index contributed by atoms with van der Waals surface area (Å²) in [5.41, 5.74) is 1.28. The van der Waals surface area contributed by atoms with Crippen molar-refractivity contribution in [3.63, 3.8) is 0 Å². The SMILES string of the molecule is COc1ccc(CNc2cccc(S(N)(=O)=O)c2)cc1F. The molecule has 0 unspecified atom stereocenters. The van der Waals surface area contributed by atoms with E-state index in [0.29, 0.717) is 17.8 Å². The second kappa shape index (κ2) is 6.11. The number of anilines is 1. The number of primary sulfonamides is 1. The van der Waals surface area contributed by atoms with Gasteiger partial charge in [-0.2, -0.15) is 0 Å². The van der Waals surface area contributed by atoms with Crippen LogP contribution in [0.25, 0.3) is 0 Å². The fourth-order valence-electron chi connectivity index (χ4n) is 1.81. The van der Waals surface area contributed by atoms with Crippen molar-refractivity contribution in [2.45, 2.75) is 11.4 Å². The van der Waals surface area contributed by atoms with Crippen LogP contribution in [0.1, 0.15) is 5.56 Å². The van der Waals surface area contributed by atoms with Crippen LogP contribution in [0.2, 0.25) is 0 Å². The lowest BCUT2D eigenvalue weighted by Crippen LogP contribution is -2.12. The van der Waals surface area contributed by atoms with Gasteiger partial charge in [0.15, 0.2) is 11.6 Å². The van der Waals surface area contributed by atoms with Crippen molar-refractivity contribution < 1.29 is 17.5 Å². The molecule has 0 aliphatic heterocycles. The van der Waals surface area contributed by atoms with Gasteiger partial charge >= 0.3 is 0 Å². The zero-order chi connectivity index (χ0) is 15.5. The van der Waals surface area contributed by atoms with E-state index >= 15 is 0 Å². The van der Waals surface area contributed by atoms with Gasteiger partial charge in [0.1, 0.15) is 0 Å². The lowest BCUT2D eigenvalue weighted by Gasteiger charge is -2.09. The molecule has 0 spiro atoms. The van der Waals surface area contributed by atoms with Gasteiger partial charge in [-0.3, -0.25) is 0 Å². The molecule has 112 valence electrons. The summed E-state index contributed by atoms with van der Waals surface area (Å²) in [5.74, 6) is -0.273. The summed E-state index contributed by atoms with van der Waals surface area (Å²) in [6.45, 7) is 0.342. The molecule has 3 N–H and O–H groups in total. The molecule has 0 atom stereocenters. The second-order valence-electron chi connectivity index (χ2n) is 4.40. The molecule has 0 amide bonds. The van der Waals surface area contributed by atoms with E-state index in [1.165, 1.54) is 31.4 Å². The minimum atomic E-state index is -3.74. The third kappa shape index (κ3) is 3.93. The van der Waals surface area contributed by atoms with Crippen molar-refractivity contribution in [1.82, 2.24) is 0 Å². The zero-order valence-electron chi connectivity index (χ0n) is 11.3. The Balaban J connectivity index is 2.11. The maximum Gasteiger partial charge on any atom is 0.238 e. The third-order valence-corrected chi connectivity index (χ3v) is 3.79. The highest BCUT2D eigenvalue weighted by Crippen LogP contribution is 2.19. The van der Waals surface area contributed by atoms with Crippen LogP contribution >= 0.6 is 0 Å². The molecule has 0 saturated carbocycles. The normalized spacial score (nSPS) is 11.2. The van der Waals surface area contributed by atoms with Gasteiger partial charge in [0.25, 0.3) is 0 Å². The highest BCUT2D eigenvalue weighted by Gasteiger charge is 2.08. The number of methoxy groups -OCH3 is 1. The van der Waals surface area contributed by atoms with Crippen molar-refractivity contribution in [1.29, 1.82) is 0 Å². The second-order valence-corrected chi connectivity index (χ2v) is 5.96. The van der Waals surface area contributed by atoms with Gasteiger partial charge < -0.3 is 10.1 Å². The molecule has 7 heteroatoms. The van der Waals surface area contributed by atoms with Crippen molar-refractivity contribution in [3.05, 3.63) is 53.8 Å². The molecule has 2 rings (SSSR count). The maximum absolute atomic E-state index is 13.5. The van der Waals surface area contributed by atoms with Crippen LogP contribution in [-0.2, 0) is 16.6 Å². The fourth-order valence-corrected chi connectivity index (χ4v) is 2.37. The van der Waals surface area contributed by atoms with Crippen molar-refractivity contribution in [2.24, 2.45) is 5.14 Å². The molecule has 0 saturated heterocycles. The number of hydrogen-bond donors (Lipinski definition) is 2. The average Bonchev–Trinajstić information content (AvgIpc) is 2.45. The Morgan fingerprint density at radius 2 is 2.00 bits per heavy atom. The summed E-state index contributed by atoms with van der Waals surface area (Å²) >= 11 is 0. The minimum absolute atomic E-state index is 0.0217. The van der Waals surface area contributed by atoms with E-state index in [-0.39, 0.29) is 10.6 Å². The van der Waals surface area contributed by atoms with Crippen LogP contribution in [0.4, 0.5) is 10.1 Å². The summed E-state index contributed by atoms with van der Waals surface area (Å²) in [7, 11) is -2.34.